The number of hydrogen-bond acceptors (Lipinski definition) is 4. The number of anilines is 2. The van der Waals surface area contributed by atoms with E-state index in [4.69, 9.17) is 9.40 Å². The molecule has 0 radical (unpaired) electrons. The van der Waals surface area contributed by atoms with E-state index in [0.717, 1.165) is 28.0 Å². The summed E-state index contributed by atoms with van der Waals surface area (Å²) in [5, 5.41) is 5.70. The van der Waals surface area contributed by atoms with E-state index < -0.39 is 0 Å². The highest BCUT2D eigenvalue weighted by Crippen LogP contribution is 2.23. The highest BCUT2D eigenvalue weighted by molar-refractivity contribution is 6.07. The van der Waals surface area contributed by atoms with E-state index in [1.807, 2.05) is 67.0 Å². The number of benzene rings is 2. The average molecular weight is 450 g/mol. The number of hydrogen-bond donors (Lipinski definition) is 2. The molecule has 168 valence electrons. The second kappa shape index (κ2) is 8.71. The second-order valence-corrected chi connectivity index (χ2v) is 8.04. The van der Waals surface area contributed by atoms with Crippen molar-refractivity contribution in [2.24, 2.45) is 0 Å². The van der Waals surface area contributed by atoms with E-state index in [1.54, 1.807) is 30.3 Å². The first-order valence-electron chi connectivity index (χ1n) is 10.8. The predicted molar refractivity (Wildman–Crippen MR) is 131 cm³/mol. The van der Waals surface area contributed by atoms with Crippen molar-refractivity contribution in [3.63, 3.8) is 0 Å². The fourth-order valence-electron chi connectivity index (χ4n) is 3.71. The molecule has 2 N–H and O–H groups in total. The fourth-order valence-corrected chi connectivity index (χ4v) is 3.71. The topological polar surface area (TPSA) is 88.6 Å². The number of aromatic nitrogens is 2. The summed E-state index contributed by atoms with van der Waals surface area (Å²) in [6.45, 7) is 3.89. The molecule has 0 bridgehead atoms. The predicted octanol–water partition coefficient (Wildman–Crippen LogP) is 5.72. The zero-order valence-corrected chi connectivity index (χ0v) is 18.7. The highest BCUT2D eigenvalue weighted by Gasteiger charge is 2.14. The van der Waals surface area contributed by atoms with Crippen molar-refractivity contribution in [3.05, 3.63) is 108 Å². The first kappa shape index (κ1) is 21.2. The Hall–Kier alpha value is -4.65. The summed E-state index contributed by atoms with van der Waals surface area (Å²) in [7, 11) is 0. The molecule has 7 nitrogen and oxygen atoms in total. The summed E-state index contributed by atoms with van der Waals surface area (Å²) in [5.41, 5.74) is 6.33. The molecule has 0 aliphatic carbocycles. The Kier molecular flexibility index (Phi) is 5.43. The van der Waals surface area contributed by atoms with Gasteiger partial charge in [0, 0.05) is 34.9 Å². The number of pyridine rings is 1. The van der Waals surface area contributed by atoms with Crippen molar-refractivity contribution in [2.75, 3.05) is 10.6 Å². The smallest absolute Gasteiger partial charge is 0.291 e. The zero-order chi connectivity index (χ0) is 23.7. The Bertz CT molecular complexity index is 1500. The molecule has 3 aromatic heterocycles. The van der Waals surface area contributed by atoms with Crippen molar-refractivity contribution in [2.45, 2.75) is 13.8 Å². The van der Waals surface area contributed by atoms with Gasteiger partial charge in [-0.2, -0.15) is 0 Å². The maximum absolute atomic E-state index is 12.8. The number of carbonyl (C=O) groups excluding carboxylic acids is 2. The molecule has 5 rings (SSSR count). The van der Waals surface area contributed by atoms with E-state index in [9.17, 15) is 9.59 Å². The van der Waals surface area contributed by atoms with Gasteiger partial charge in [-0.1, -0.05) is 24.3 Å². The van der Waals surface area contributed by atoms with Crippen LogP contribution in [0, 0.1) is 13.8 Å². The number of carbonyl (C=O) groups is 2. The third kappa shape index (κ3) is 4.19. The Balaban J connectivity index is 1.31. The third-order valence-corrected chi connectivity index (χ3v) is 5.61. The molecule has 0 spiro atoms. The minimum absolute atomic E-state index is 0.204. The first-order chi connectivity index (χ1) is 16.5. The van der Waals surface area contributed by atoms with Crippen LogP contribution < -0.4 is 10.6 Å². The van der Waals surface area contributed by atoms with Crippen LogP contribution >= 0.6 is 0 Å². The Morgan fingerprint density at radius 2 is 1.71 bits per heavy atom. The average Bonchev–Trinajstić information content (AvgIpc) is 3.52. The van der Waals surface area contributed by atoms with Gasteiger partial charge in [-0.25, -0.2) is 4.98 Å². The lowest BCUT2D eigenvalue weighted by atomic mass is 10.1. The van der Waals surface area contributed by atoms with Gasteiger partial charge < -0.3 is 19.5 Å². The van der Waals surface area contributed by atoms with E-state index in [-0.39, 0.29) is 17.6 Å². The lowest BCUT2D eigenvalue weighted by molar-refractivity contribution is 0.0993. The monoisotopic (exact) mass is 450 g/mol. The molecule has 5 aromatic rings. The molecular formula is C27H22N4O3. The van der Waals surface area contributed by atoms with Gasteiger partial charge in [0.1, 0.15) is 5.65 Å². The standard InChI is InChI=1S/C27H22N4O3/c1-17-7-8-20(15-22(17)30-27(33)24-6-4-14-34-24)26(32)28-21-11-9-19(10-12-21)23-16-31-13-3-5-18(2)25(31)29-23/h3-16H,1-2H3,(H,28,32)(H,30,33). The normalized spacial score (nSPS) is 10.9. The lowest BCUT2D eigenvalue weighted by Crippen LogP contribution is -2.15. The molecule has 7 heteroatoms. The number of imidazole rings is 1. The van der Waals surface area contributed by atoms with E-state index in [2.05, 4.69) is 10.6 Å². The van der Waals surface area contributed by atoms with Crippen molar-refractivity contribution in [1.82, 2.24) is 9.38 Å². The van der Waals surface area contributed by atoms with Crippen LogP contribution in [0.15, 0.2) is 89.8 Å². The SMILES string of the molecule is Cc1ccc(C(=O)Nc2ccc(-c3cn4cccc(C)c4n3)cc2)cc1NC(=O)c1ccco1. The minimum Gasteiger partial charge on any atom is -0.459 e. The summed E-state index contributed by atoms with van der Waals surface area (Å²) in [6.07, 6.45) is 5.40. The number of fused-ring (bicyclic) bond motifs is 1. The summed E-state index contributed by atoms with van der Waals surface area (Å²) < 4.78 is 7.13. The summed E-state index contributed by atoms with van der Waals surface area (Å²) in [5.74, 6) is -0.442. The third-order valence-electron chi connectivity index (χ3n) is 5.61. The van der Waals surface area contributed by atoms with Crippen LogP contribution in [0.1, 0.15) is 32.0 Å². The van der Waals surface area contributed by atoms with E-state index in [0.29, 0.717) is 16.9 Å². The van der Waals surface area contributed by atoms with Gasteiger partial charge in [0.15, 0.2) is 5.76 Å². The van der Waals surface area contributed by atoms with Crippen molar-refractivity contribution in [3.8, 4) is 11.3 Å². The molecule has 0 unspecified atom stereocenters. The fraction of sp³-hybridized carbons (Fsp3) is 0.0741. The number of aryl methyl sites for hydroxylation is 2. The second-order valence-electron chi connectivity index (χ2n) is 8.04. The van der Waals surface area contributed by atoms with Gasteiger partial charge in [0.2, 0.25) is 0 Å². The maximum atomic E-state index is 12.8. The Morgan fingerprint density at radius 3 is 2.44 bits per heavy atom. The number of nitrogens with zero attached hydrogens (tertiary/aromatic N) is 2. The largest absolute Gasteiger partial charge is 0.459 e. The Labute approximate surface area is 196 Å². The quantitative estimate of drug-likeness (QED) is 0.359. The molecule has 3 heterocycles. The Morgan fingerprint density at radius 1 is 0.882 bits per heavy atom. The van der Waals surface area contributed by atoms with Crippen molar-refractivity contribution in [1.29, 1.82) is 0 Å². The molecule has 0 aliphatic heterocycles. The minimum atomic E-state index is -0.372. The zero-order valence-electron chi connectivity index (χ0n) is 18.7. The van der Waals surface area contributed by atoms with Crippen LogP contribution in [0.2, 0.25) is 0 Å². The number of furan rings is 1. The van der Waals surface area contributed by atoms with Crippen molar-refractivity contribution < 1.29 is 14.0 Å². The van der Waals surface area contributed by atoms with Crippen LogP contribution in [-0.4, -0.2) is 21.2 Å². The number of nitrogens with one attached hydrogen (secondary N) is 2. The summed E-state index contributed by atoms with van der Waals surface area (Å²) in [6, 6.07) is 20.0. The molecule has 34 heavy (non-hydrogen) atoms. The first-order valence-corrected chi connectivity index (χ1v) is 10.8. The molecule has 2 amide bonds. The van der Waals surface area contributed by atoms with Gasteiger partial charge in [0.05, 0.1) is 12.0 Å². The van der Waals surface area contributed by atoms with Crippen molar-refractivity contribution >= 4 is 28.8 Å². The summed E-state index contributed by atoms with van der Waals surface area (Å²) in [4.78, 5) is 29.9. The van der Waals surface area contributed by atoms with Crippen LogP contribution in [0.4, 0.5) is 11.4 Å². The molecule has 0 atom stereocenters. The highest BCUT2D eigenvalue weighted by atomic mass is 16.3. The molecular weight excluding hydrogens is 428 g/mol. The van der Waals surface area contributed by atoms with Gasteiger partial charge in [-0.15, -0.1) is 0 Å². The number of rotatable bonds is 5. The van der Waals surface area contributed by atoms with Gasteiger partial charge in [-0.05, 0) is 67.4 Å². The number of amides is 2. The lowest BCUT2D eigenvalue weighted by Gasteiger charge is -2.11. The molecule has 0 fully saturated rings. The molecule has 0 saturated heterocycles. The van der Waals surface area contributed by atoms with E-state index in [1.165, 1.54) is 6.26 Å². The van der Waals surface area contributed by atoms with Crippen LogP contribution in [0.25, 0.3) is 16.9 Å². The van der Waals surface area contributed by atoms with Gasteiger partial charge >= 0.3 is 0 Å². The summed E-state index contributed by atoms with van der Waals surface area (Å²) >= 11 is 0. The van der Waals surface area contributed by atoms with Crippen LogP contribution in [0.3, 0.4) is 0 Å². The molecule has 0 saturated carbocycles. The van der Waals surface area contributed by atoms with Crippen LogP contribution in [-0.2, 0) is 0 Å². The maximum Gasteiger partial charge on any atom is 0.291 e. The molecule has 0 aliphatic rings. The van der Waals surface area contributed by atoms with E-state index >= 15 is 0 Å². The van der Waals surface area contributed by atoms with Gasteiger partial charge in [0.25, 0.3) is 11.8 Å². The molecule has 2 aromatic carbocycles. The van der Waals surface area contributed by atoms with Gasteiger partial charge in [-0.3, -0.25) is 9.59 Å². The van der Waals surface area contributed by atoms with Crippen LogP contribution in [0.5, 0.6) is 0 Å².